The molecule has 2 aromatic carbocycles. The van der Waals surface area contributed by atoms with Gasteiger partial charge >= 0.3 is 0 Å². The van der Waals surface area contributed by atoms with Crippen LogP contribution in [0.3, 0.4) is 0 Å². The number of anilines is 1. The van der Waals surface area contributed by atoms with Crippen molar-refractivity contribution in [1.29, 1.82) is 0 Å². The van der Waals surface area contributed by atoms with Crippen LogP contribution in [0.5, 0.6) is 0 Å². The minimum absolute atomic E-state index is 0. The number of carbonyl (C=O) groups excluding carboxylic acids is 1. The molecule has 0 radical (unpaired) electrons. The molecule has 1 N–H and O–H groups in total. The predicted molar refractivity (Wildman–Crippen MR) is 95.5 cm³/mol. The number of aryl methyl sites for hydroxylation is 1. The number of carbonyl (C=O) groups is 1. The molecule has 1 heterocycles. The number of hydrogen-bond acceptors (Lipinski definition) is 2. The van der Waals surface area contributed by atoms with Crippen molar-refractivity contribution in [1.82, 2.24) is 5.32 Å². The van der Waals surface area contributed by atoms with E-state index in [0.29, 0.717) is 0 Å². The highest BCUT2D eigenvalue weighted by Crippen LogP contribution is 2.29. The van der Waals surface area contributed by atoms with E-state index in [9.17, 15) is 4.79 Å². The summed E-state index contributed by atoms with van der Waals surface area (Å²) in [6.07, 6.45) is 3.30. The Morgan fingerprint density at radius 3 is 2.74 bits per heavy atom. The Bertz CT molecular complexity index is 729. The maximum absolute atomic E-state index is 13.2. The molecule has 4 heteroatoms. The second kappa shape index (κ2) is 6.73. The molecule has 0 saturated heterocycles. The molecule has 2 aromatic rings. The lowest BCUT2D eigenvalue weighted by Crippen LogP contribution is -2.35. The Kier molecular flexibility index (Phi) is 4.69. The van der Waals surface area contributed by atoms with Crippen LogP contribution in [0.15, 0.2) is 42.5 Å². The van der Waals surface area contributed by atoms with Gasteiger partial charge in [-0.25, -0.2) is 0 Å². The maximum atomic E-state index is 13.2. The van der Waals surface area contributed by atoms with Crippen molar-refractivity contribution in [2.24, 2.45) is 0 Å². The highest BCUT2D eigenvalue weighted by atomic mass is 35.5. The van der Waals surface area contributed by atoms with Crippen LogP contribution in [-0.2, 0) is 19.4 Å². The fourth-order valence-electron chi connectivity index (χ4n) is 3.63. The molecule has 0 atom stereocenters. The lowest BCUT2D eigenvalue weighted by molar-refractivity contribution is 0.0986. The first-order chi connectivity index (χ1) is 10.8. The van der Waals surface area contributed by atoms with E-state index in [4.69, 9.17) is 0 Å². The third-order valence-corrected chi connectivity index (χ3v) is 4.73. The quantitative estimate of drug-likeness (QED) is 0.870. The molecule has 0 fully saturated rings. The Morgan fingerprint density at radius 1 is 1.00 bits per heavy atom. The van der Waals surface area contributed by atoms with E-state index in [-0.39, 0.29) is 18.3 Å². The number of amides is 1. The van der Waals surface area contributed by atoms with Crippen molar-refractivity contribution in [3.8, 4) is 0 Å². The molecular formula is C19H21ClN2O. The van der Waals surface area contributed by atoms with Crippen molar-refractivity contribution in [3.63, 3.8) is 0 Å². The van der Waals surface area contributed by atoms with Gasteiger partial charge in [0.2, 0.25) is 0 Å². The fraction of sp³-hybridized carbons (Fsp3) is 0.316. The highest BCUT2D eigenvalue weighted by Gasteiger charge is 2.25. The second-order valence-electron chi connectivity index (χ2n) is 6.06. The molecule has 1 aliphatic carbocycles. The summed E-state index contributed by atoms with van der Waals surface area (Å²) in [5.41, 5.74) is 5.76. The number of nitrogens with zero attached hydrogens (tertiary/aromatic N) is 1. The van der Waals surface area contributed by atoms with Gasteiger partial charge in [-0.3, -0.25) is 4.79 Å². The summed E-state index contributed by atoms with van der Waals surface area (Å²) in [4.78, 5) is 15.1. The Morgan fingerprint density at radius 2 is 1.83 bits per heavy atom. The van der Waals surface area contributed by atoms with Gasteiger partial charge in [0.1, 0.15) is 0 Å². The first kappa shape index (κ1) is 16.0. The van der Waals surface area contributed by atoms with Crippen LogP contribution in [0, 0.1) is 0 Å². The molecule has 0 aromatic heterocycles. The van der Waals surface area contributed by atoms with E-state index < -0.39 is 0 Å². The van der Waals surface area contributed by atoms with Crippen LogP contribution < -0.4 is 10.2 Å². The molecule has 2 aliphatic rings. The third kappa shape index (κ3) is 2.87. The molecular weight excluding hydrogens is 308 g/mol. The molecule has 4 rings (SSSR count). The maximum Gasteiger partial charge on any atom is 0.258 e. The number of fused-ring (bicyclic) bond motifs is 2. The number of benzene rings is 2. The molecule has 23 heavy (non-hydrogen) atoms. The lowest BCUT2D eigenvalue weighted by Gasteiger charge is -2.23. The normalized spacial score (nSPS) is 16.1. The standard InChI is InChI=1S/C19H20N2O.ClH/c22-19(17-9-4-7-14-6-3-8-16(14)17)21-12-11-20-13-15-5-1-2-10-18(15)21;/h1-2,4-5,7,9-10,20H,3,6,8,11-13H2;1H. The van der Waals surface area contributed by atoms with Crippen LogP contribution in [0.25, 0.3) is 0 Å². The van der Waals surface area contributed by atoms with E-state index in [0.717, 1.165) is 50.1 Å². The molecule has 0 bridgehead atoms. The largest absolute Gasteiger partial charge is 0.311 e. The predicted octanol–water partition coefficient (Wildman–Crippen LogP) is 3.35. The number of hydrogen-bond donors (Lipinski definition) is 1. The van der Waals surface area contributed by atoms with Gasteiger partial charge in [-0.15, -0.1) is 12.4 Å². The Labute approximate surface area is 143 Å². The summed E-state index contributed by atoms with van der Waals surface area (Å²) in [6.45, 7) is 2.38. The van der Waals surface area contributed by atoms with Gasteiger partial charge in [0.15, 0.2) is 0 Å². The number of nitrogens with one attached hydrogen (secondary N) is 1. The summed E-state index contributed by atoms with van der Waals surface area (Å²) in [6, 6.07) is 14.4. The van der Waals surface area contributed by atoms with Crippen molar-refractivity contribution in [2.45, 2.75) is 25.8 Å². The number of rotatable bonds is 1. The van der Waals surface area contributed by atoms with Gasteiger partial charge in [-0.05, 0) is 48.1 Å². The van der Waals surface area contributed by atoms with E-state index in [1.54, 1.807) is 0 Å². The van der Waals surface area contributed by atoms with Gasteiger partial charge in [0.05, 0.1) is 0 Å². The van der Waals surface area contributed by atoms with E-state index in [2.05, 4.69) is 23.5 Å². The zero-order valence-electron chi connectivity index (χ0n) is 13.0. The molecule has 3 nitrogen and oxygen atoms in total. The van der Waals surface area contributed by atoms with Gasteiger partial charge in [0, 0.05) is 30.9 Å². The van der Waals surface area contributed by atoms with E-state index in [1.807, 2.05) is 29.2 Å². The second-order valence-corrected chi connectivity index (χ2v) is 6.06. The highest BCUT2D eigenvalue weighted by molar-refractivity contribution is 6.07. The smallest absolute Gasteiger partial charge is 0.258 e. The summed E-state index contributed by atoms with van der Waals surface area (Å²) in [5, 5.41) is 3.40. The SMILES string of the molecule is Cl.O=C(c1cccc2c1CCC2)N1CCNCc2ccccc21. The summed E-state index contributed by atoms with van der Waals surface area (Å²) < 4.78 is 0. The minimum atomic E-state index is 0. The first-order valence-corrected chi connectivity index (χ1v) is 8.06. The van der Waals surface area contributed by atoms with Gasteiger partial charge < -0.3 is 10.2 Å². The molecule has 0 unspecified atom stereocenters. The van der Waals surface area contributed by atoms with Crippen molar-refractivity contribution in [2.75, 3.05) is 18.0 Å². The summed E-state index contributed by atoms with van der Waals surface area (Å²) in [7, 11) is 0. The van der Waals surface area contributed by atoms with E-state index in [1.165, 1.54) is 16.7 Å². The zero-order valence-corrected chi connectivity index (χ0v) is 13.9. The van der Waals surface area contributed by atoms with Gasteiger partial charge in [-0.1, -0.05) is 30.3 Å². The molecule has 0 spiro atoms. The van der Waals surface area contributed by atoms with Crippen molar-refractivity contribution < 1.29 is 4.79 Å². The summed E-state index contributed by atoms with van der Waals surface area (Å²) >= 11 is 0. The first-order valence-electron chi connectivity index (χ1n) is 8.06. The van der Waals surface area contributed by atoms with Crippen LogP contribution in [-0.4, -0.2) is 19.0 Å². The van der Waals surface area contributed by atoms with E-state index >= 15 is 0 Å². The fourth-order valence-corrected chi connectivity index (χ4v) is 3.63. The average molecular weight is 329 g/mol. The zero-order chi connectivity index (χ0) is 14.9. The average Bonchev–Trinajstić information content (AvgIpc) is 2.93. The van der Waals surface area contributed by atoms with Gasteiger partial charge in [-0.2, -0.15) is 0 Å². The molecule has 120 valence electrons. The summed E-state index contributed by atoms with van der Waals surface area (Å²) in [5.74, 6) is 0.148. The Balaban J connectivity index is 0.00000156. The van der Waals surface area contributed by atoms with Crippen molar-refractivity contribution in [3.05, 3.63) is 64.7 Å². The third-order valence-electron chi connectivity index (χ3n) is 4.73. The minimum Gasteiger partial charge on any atom is -0.311 e. The van der Waals surface area contributed by atoms with Crippen LogP contribution in [0.1, 0.15) is 33.5 Å². The lowest BCUT2D eigenvalue weighted by atomic mass is 10.0. The Hall–Kier alpha value is -1.84. The monoisotopic (exact) mass is 328 g/mol. The molecule has 1 amide bonds. The molecule has 1 aliphatic heterocycles. The molecule has 0 saturated carbocycles. The number of halogens is 1. The number of para-hydroxylation sites is 1. The van der Waals surface area contributed by atoms with Gasteiger partial charge in [0.25, 0.3) is 5.91 Å². The van der Waals surface area contributed by atoms with Crippen LogP contribution in [0.2, 0.25) is 0 Å². The van der Waals surface area contributed by atoms with Crippen LogP contribution in [0.4, 0.5) is 5.69 Å². The van der Waals surface area contributed by atoms with Crippen molar-refractivity contribution >= 4 is 24.0 Å². The topological polar surface area (TPSA) is 32.3 Å². The van der Waals surface area contributed by atoms with Crippen LogP contribution >= 0.6 is 12.4 Å².